The molecule has 1 N–H and O–H groups in total. The van der Waals surface area contributed by atoms with Crippen molar-refractivity contribution in [2.24, 2.45) is 0 Å². The molecular formula is C13H15FO2S. The fourth-order valence-electron chi connectivity index (χ4n) is 2.76. The van der Waals surface area contributed by atoms with Crippen molar-refractivity contribution < 1.29 is 14.2 Å². The second-order valence-corrected chi connectivity index (χ2v) is 6.44. The molecule has 2 heterocycles. The molecule has 0 radical (unpaired) electrons. The monoisotopic (exact) mass is 254 g/mol. The first-order chi connectivity index (χ1) is 8.08. The Morgan fingerprint density at radius 1 is 1.47 bits per heavy atom. The minimum absolute atomic E-state index is 0.301. The first-order valence-corrected chi connectivity index (χ1v) is 6.91. The maximum absolute atomic E-state index is 13.2. The predicted octanol–water partition coefficient (Wildman–Crippen LogP) is 2.91. The number of hydrogen-bond acceptors (Lipinski definition) is 3. The second kappa shape index (κ2) is 3.89. The van der Waals surface area contributed by atoms with E-state index < -0.39 is 6.10 Å². The van der Waals surface area contributed by atoms with E-state index in [0.29, 0.717) is 23.0 Å². The van der Waals surface area contributed by atoms with Gasteiger partial charge in [-0.2, -0.15) is 11.8 Å². The highest BCUT2D eigenvalue weighted by Gasteiger charge is 2.45. The summed E-state index contributed by atoms with van der Waals surface area (Å²) in [6.07, 6.45) is 0.999. The van der Waals surface area contributed by atoms with Crippen LogP contribution < -0.4 is 4.74 Å². The number of thioether (sulfide) groups is 1. The Bertz CT molecular complexity index is 451. The molecule has 2 unspecified atom stereocenters. The van der Waals surface area contributed by atoms with E-state index in [1.165, 1.54) is 12.1 Å². The average Bonchev–Trinajstić information content (AvgIpc) is 2.58. The molecule has 2 aliphatic heterocycles. The molecule has 1 fully saturated rings. The zero-order valence-electron chi connectivity index (χ0n) is 9.65. The summed E-state index contributed by atoms with van der Waals surface area (Å²) in [6.45, 7) is 2.16. The summed E-state index contributed by atoms with van der Waals surface area (Å²) in [6, 6.07) is 4.37. The van der Waals surface area contributed by atoms with E-state index in [0.717, 1.165) is 12.2 Å². The van der Waals surface area contributed by atoms with Crippen molar-refractivity contribution in [3.05, 3.63) is 29.6 Å². The van der Waals surface area contributed by atoms with Crippen LogP contribution in [0, 0.1) is 5.82 Å². The van der Waals surface area contributed by atoms with Crippen LogP contribution in [0.4, 0.5) is 4.39 Å². The van der Waals surface area contributed by atoms with E-state index in [9.17, 15) is 9.50 Å². The molecular weight excluding hydrogens is 239 g/mol. The van der Waals surface area contributed by atoms with E-state index in [2.05, 4.69) is 6.92 Å². The van der Waals surface area contributed by atoms with Gasteiger partial charge in [-0.15, -0.1) is 0 Å². The lowest BCUT2D eigenvalue weighted by Gasteiger charge is -2.37. The van der Waals surface area contributed by atoms with Crippen molar-refractivity contribution in [3.8, 4) is 5.75 Å². The third-order valence-electron chi connectivity index (χ3n) is 3.52. The number of rotatable bonds is 0. The highest BCUT2D eigenvalue weighted by atomic mass is 32.2. The van der Waals surface area contributed by atoms with Gasteiger partial charge >= 0.3 is 0 Å². The van der Waals surface area contributed by atoms with E-state index >= 15 is 0 Å². The van der Waals surface area contributed by atoms with Crippen LogP contribution in [0.3, 0.4) is 0 Å². The minimum atomic E-state index is -0.537. The lowest BCUT2D eigenvalue weighted by molar-refractivity contribution is 0.00123. The highest BCUT2D eigenvalue weighted by molar-refractivity contribution is 8.00. The van der Waals surface area contributed by atoms with Gasteiger partial charge in [0.1, 0.15) is 17.2 Å². The number of fused-ring (bicyclic) bond motifs is 1. The Kier molecular flexibility index (Phi) is 2.60. The number of hydrogen-bond donors (Lipinski definition) is 1. The van der Waals surface area contributed by atoms with E-state index in [4.69, 9.17) is 4.74 Å². The minimum Gasteiger partial charge on any atom is -0.486 e. The molecule has 0 saturated carbocycles. The standard InChI is InChI=1S/C13H15FO2S/c1-8-5-13(7-17-8)6-11(15)10-3-2-9(14)4-12(10)16-13/h2-4,8,11,15H,5-7H2,1H3/t8?,11-,13?/m0/s1. The number of halogens is 1. The summed E-state index contributed by atoms with van der Waals surface area (Å²) in [5.41, 5.74) is 0.408. The van der Waals surface area contributed by atoms with E-state index in [1.54, 1.807) is 6.07 Å². The van der Waals surface area contributed by atoms with Crippen LogP contribution in [0.2, 0.25) is 0 Å². The Morgan fingerprint density at radius 3 is 3.00 bits per heavy atom. The summed E-state index contributed by atoms with van der Waals surface area (Å²) >= 11 is 1.85. The summed E-state index contributed by atoms with van der Waals surface area (Å²) < 4.78 is 19.2. The zero-order valence-corrected chi connectivity index (χ0v) is 10.5. The van der Waals surface area contributed by atoms with Gasteiger partial charge in [0.2, 0.25) is 0 Å². The van der Waals surface area contributed by atoms with Gasteiger partial charge in [0, 0.05) is 29.1 Å². The first-order valence-electron chi connectivity index (χ1n) is 5.86. The molecule has 3 atom stereocenters. The Balaban J connectivity index is 1.97. The van der Waals surface area contributed by atoms with E-state index in [-0.39, 0.29) is 11.4 Å². The Morgan fingerprint density at radius 2 is 2.29 bits per heavy atom. The SMILES string of the molecule is CC1CC2(CS1)C[C@H](O)c1ccc(F)cc1O2. The Hall–Kier alpha value is -0.740. The predicted molar refractivity (Wildman–Crippen MR) is 65.9 cm³/mol. The number of benzene rings is 1. The second-order valence-electron chi connectivity index (χ2n) is 5.01. The molecule has 0 amide bonds. The number of aliphatic hydroxyl groups is 1. The number of ether oxygens (including phenoxy) is 1. The molecule has 92 valence electrons. The van der Waals surface area contributed by atoms with Crippen molar-refractivity contribution in [1.29, 1.82) is 0 Å². The van der Waals surface area contributed by atoms with Gasteiger partial charge in [0.05, 0.1) is 6.10 Å². The maximum Gasteiger partial charge on any atom is 0.128 e. The topological polar surface area (TPSA) is 29.5 Å². The van der Waals surface area contributed by atoms with Crippen LogP contribution >= 0.6 is 11.8 Å². The third kappa shape index (κ3) is 1.93. The first kappa shape index (κ1) is 11.4. The number of aliphatic hydroxyl groups excluding tert-OH is 1. The summed E-state index contributed by atoms with van der Waals surface area (Å²) in [5.74, 6) is 1.08. The van der Waals surface area contributed by atoms with Crippen LogP contribution in [0.15, 0.2) is 18.2 Å². The van der Waals surface area contributed by atoms with Crippen molar-refractivity contribution in [3.63, 3.8) is 0 Å². The largest absolute Gasteiger partial charge is 0.486 e. The molecule has 1 aromatic carbocycles. The third-order valence-corrected chi connectivity index (χ3v) is 4.95. The van der Waals surface area contributed by atoms with Gasteiger partial charge in [0.25, 0.3) is 0 Å². The van der Waals surface area contributed by atoms with Crippen LogP contribution in [0.1, 0.15) is 31.4 Å². The fraction of sp³-hybridized carbons (Fsp3) is 0.538. The van der Waals surface area contributed by atoms with E-state index in [1.807, 2.05) is 11.8 Å². The van der Waals surface area contributed by atoms with Gasteiger partial charge in [-0.05, 0) is 18.6 Å². The average molecular weight is 254 g/mol. The molecule has 0 bridgehead atoms. The van der Waals surface area contributed by atoms with Crippen molar-refractivity contribution in [2.45, 2.75) is 36.7 Å². The molecule has 3 rings (SSSR count). The quantitative estimate of drug-likeness (QED) is 0.772. The van der Waals surface area contributed by atoms with Gasteiger partial charge in [0.15, 0.2) is 0 Å². The molecule has 0 aromatic heterocycles. The molecule has 2 aliphatic rings. The van der Waals surface area contributed by atoms with Gasteiger partial charge in [-0.3, -0.25) is 0 Å². The molecule has 2 nitrogen and oxygen atoms in total. The van der Waals surface area contributed by atoms with Crippen molar-refractivity contribution >= 4 is 11.8 Å². The van der Waals surface area contributed by atoms with Crippen molar-refractivity contribution in [1.82, 2.24) is 0 Å². The molecule has 17 heavy (non-hydrogen) atoms. The molecule has 1 aromatic rings. The Labute approximate surface area is 104 Å². The summed E-state index contributed by atoms with van der Waals surface area (Å²) in [5, 5.41) is 10.7. The zero-order chi connectivity index (χ0) is 12.0. The van der Waals surface area contributed by atoms with Crippen LogP contribution in [0.5, 0.6) is 5.75 Å². The van der Waals surface area contributed by atoms with Gasteiger partial charge in [-0.1, -0.05) is 6.92 Å². The van der Waals surface area contributed by atoms with Crippen LogP contribution in [-0.4, -0.2) is 21.7 Å². The molecule has 1 spiro atoms. The van der Waals surface area contributed by atoms with Crippen LogP contribution in [-0.2, 0) is 0 Å². The van der Waals surface area contributed by atoms with Gasteiger partial charge < -0.3 is 9.84 Å². The lowest BCUT2D eigenvalue weighted by Crippen LogP contribution is -2.41. The van der Waals surface area contributed by atoms with Crippen molar-refractivity contribution in [2.75, 3.05) is 5.75 Å². The smallest absolute Gasteiger partial charge is 0.128 e. The summed E-state index contributed by atoms with van der Waals surface area (Å²) in [4.78, 5) is 0. The highest BCUT2D eigenvalue weighted by Crippen LogP contribution is 2.48. The molecule has 0 aliphatic carbocycles. The molecule has 1 saturated heterocycles. The maximum atomic E-state index is 13.2. The fourth-order valence-corrected chi connectivity index (χ4v) is 4.06. The van der Waals surface area contributed by atoms with Gasteiger partial charge in [-0.25, -0.2) is 4.39 Å². The summed E-state index contributed by atoms with van der Waals surface area (Å²) in [7, 11) is 0. The lowest BCUT2D eigenvalue weighted by atomic mass is 9.87. The normalized spacial score (nSPS) is 35.7. The molecule has 4 heteroatoms. The van der Waals surface area contributed by atoms with Crippen LogP contribution in [0.25, 0.3) is 0 Å².